The highest BCUT2D eigenvalue weighted by atomic mass is 19.2. The van der Waals surface area contributed by atoms with Gasteiger partial charge in [-0.1, -0.05) is 6.08 Å². The van der Waals surface area contributed by atoms with Crippen LogP contribution in [0.25, 0.3) is 0 Å². The highest BCUT2D eigenvalue weighted by Gasteiger charge is 2.44. The third kappa shape index (κ3) is 5.40. The molecule has 2 fully saturated rings. The molecule has 1 saturated heterocycles. The van der Waals surface area contributed by atoms with Gasteiger partial charge in [0, 0.05) is 49.6 Å². The number of carbonyl (C=O) groups is 2. The summed E-state index contributed by atoms with van der Waals surface area (Å²) in [6.07, 6.45) is 7.74. The number of nitrogens with zero attached hydrogens (tertiary/aromatic N) is 2. The van der Waals surface area contributed by atoms with Crippen LogP contribution in [0.2, 0.25) is 0 Å². The molecule has 0 unspecified atom stereocenters. The first-order valence-electron chi connectivity index (χ1n) is 12.1. The highest BCUT2D eigenvalue weighted by molar-refractivity contribution is 5.93. The number of allylic oxidation sites excluding steroid dienone is 1. The highest BCUT2D eigenvalue weighted by Crippen LogP contribution is 2.37. The number of esters is 1. The van der Waals surface area contributed by atoms with Gasteiger partial charge in [0.2, 0.25) is 0 Å². The summed E-state index contributed by atoms with van der Waals surface area (Å²) in [5.74, 6) is -4.35. The van der Waals surface area contributed by atoms with Gasteiger partial charge in [-0.3, -0.25) is 9.69 Å². The molecule has 1 aliphatic heterocycles. The third-order valence-electron chi connectivity index (χ3n) is 7.51. The van der Waals surface area contributed by atoms with Gasteiger partial charge in [-0.15, -0.1) is 0 Å². The lowest BCUT2D eigenvalue weighted by molar-refractivity contribution is -0.168. The second-order valence-electron chi connectivity index (χ2n) is 9.65. The maximum absolute atomic E-state index is 13.5. The summed E-state index contributed by atoms with van der Waals surface area (Å²) >= 11 is 0. The number of hydrogen-bond acceptors (Lipinski definition) is 5. The second kappa shape index (κ2) is 10.4. The minimum atomic E-state index is -1.44. The summed E-state index contributed by atoms with van der Waals surface area (Å²) < 4.78 is 46.0. The van der Waals surface area contributed by atoms with Crippen LogP contribution < -0.4 is 10.6 Å². The fourth-order valence-electron chi connectivity index (χ4n) is 5.25. The van der Waals surface area contributed by atoms with Gasteiger partial charge in [-0.25, -0.2) is 18.0 Å². The van der Waals surface area contributed by atoms with Gasteiger partial charge in [0.15, 0.2) is 23.1 Å². The van der Waals surface area contributed by atoms with Gasteiger partial charge in [0.05, 0.1) is 0 Å². The second-order valence-corrected chi connectivity index (χ2v) is 9.65. The molecule has 1 aromatic rings. The zero-order valence-corrected chi connectivity index (χ0v) is 19.3. The van der Waals surface area contributed by atoms with Crippen LogP contribution in [0.1, 0.15) is 51.4 Å². The van der Waals surface area contributed by atoms with E-state index in [2.05, 4.69) is 4.90 Å². The molecule has 9 heteroatoms. The number of anilines is 1. The van der Waals surface area contributed by atoms with Gasteiger partial charge in [0.1, 0.15) is 0 Å². The molecule has 1 heterocycles. The number of nitrogens with two attached hydrogens (primary N) is 1. The van der Waals surface area contributed by atoms with E-state index in [1.165, 1.54) is 0 Å². The van der Waals surface area contributed by atoms with E-state index in [0.717, 1.165) is 63.9 Å². The van der Waals surface area contributed by atoms with E-state index in [0.29, 0.717) is 49.5 Å². The Morgan fingerprint density at radius 1 is 1.06 bits per heavy atom. The monoisotopic (exact) mass is 479 g/mol. The molecule has 1 amide bonds. The predicted molar refractivity (Wildman–Crippen MR) is 121 cm³/mol. The van der Waals surface area contributed by atoms with Crippen LogP contribution in [0.3, 0.4) is 0 Å². The van der Waals surface area contributed by atoms with Crippen LogP contribution in [0.4, 0.5) is 18.9 Å². The number of ether oxygens (including phenoxy) is 1. The van der Waals surface area contributed by atoms with Crippen molar-refractivity contribution in [2.24, 2.45) is 11.7 Å². The van der Waals surface area contributed by atoms with Crippen LogP contribution in [-0.2, 0) is 14.3 Å². The van der Waals surface area contributed by atoms with Crippen molar-refractivity contribution >= 4 is 17.6 Å². The molecule has 0 aromatic heterocycles. The molecule has 0 atom stereocenters. The summed E-state index contributed by atoms with van der Waals surface area (Å²) in [6.45, 7) is 3.56. The Morgan fingerprint density at radius 2 is 1.71 bits per heavy atom. The van der Waals surface area contributed by atoms with Gasteiger partial charge < -0.3 is 15.4 Å². The SMILES string of the molecule is NC(=O)C1(OC(=O)C2=CCCC2)CCC(CCN2CCN(c3cc(F)c(F)c(F)c3)CC2)CC1. The van der Waals surface area contributed by atoms with Crippen molar-refractivity contribution in [3.05, 3.63) is 41.2 Å². The number of benzene rings is 1. The first kappa shape index (κ1) is 24.6. The summed E-state index contributed by atoms with van der Waals surface area (Å²) in [5.41, 5.74) is 5.45. The van der Waals surface area contributed by atoms with E-state index in [-0.39, 0.29) is 0 Å². The largest absolute Gasteiger partial charge is 0.446 e. The minimum Gasteiger partial charge on any atom is -0.446 e. The van der Waals surface area contributed by atoms with Crippen LogP contribution in [0.5, 0.6) is 0 Å². The van der Waals surface area contributed by atoms with E-state index in [1.54, 1.807) is 0 Å². The first-order chi connectivity index (χ1) is 16.3. The minimum absolute atomic E-state index is 0.356. The number of piperazine rings is 1. The number of carbonyl (C=O) groups excluding carboxylic acids is 2. The van der Waals surface area contributed by atoms with Crippen molar-refractivity contribution in [3.63, 3.8) is 0 Å². The lowest BCUT2D eigenvalue weighted by Gasteiger charge is -2.39. The molecule has 0 radical (unpaired) electrons. The molecular weight excluding hydrogens is 447 g/mol. The van der Waals surface area contributed by atoms with Crippen molar-refractivity contribution in [1.82, 2.24) is 4.90 Å². The molecule has 1 saturated carbocycles. The lowest BCUT2D eigenvalue weighted by Crippen LogP contribution is -2.50. The standard InChI is InChI=1S/C25H32F3N3O3/c26-20-15-19(16-21(27)22(20)28)31-13-11-30(12-14-31)10-7-17-5-8-25(9-6-17,24(29)33)34-23(32)18-3-1-2-4-18/h3,15-17H,1-2,4-14H2,(H2,29,33). The summed E-state index contributed by atoms with van der Waals surface area (Å²) in [5, 5.41) is 0. The number of amides is 1. The molecule has 4 rings (SSSR count). The zero-order chi connectivity index (χ0) is 24.3. The number of rotatable bonds is 7. The van der Waals surface area contributed by atoms with E-state index in [4.69, 9.17) is 10.5 Å². The molecule has 2 N–H and O–H groups in total. The maximum Gasteiger partial charge on any atom is 0.334 e. The van der Waals surface area contributed by atoms with Crippen molar-refractivity contribution in [2.75, 3.05) is 37.6 Å². The molecule has 1 aromatic carbocycles. The Labute approximate surface area is 197 Å². The Balaban J connectivity index is 1.23. The van der Waals surface area contributed by atoms with Gasteiger partial charge in [0.25, 0.3) is 5.91 Å². The van der Waals surface area contributed by atoms with Crippen molar-refractivity contribution < 1.29 is 27.5 Å². The molecule has 186 valence electrons. The number of hydrogen-bond donors (Lipinski definition) is 1. The topological polar surface area (TPSA) is 75.9 Å². The number of halogens is 3. The van der Waals surface area contributed by atoms with Crippen LogP contribution in [0, 0.1) is 23.4 Å². The summed E-state index contributed by atoms with van der Waals surface area (Å²) in [4.78, 5) is 28.8. The van der Waals surface area contributed by atoms with Crippen LogP contribution >= 0.6 is 0 Å². The van der Waals surface area contributed by atoms with Crippen LogP contribution in [0.15, 0.2) is 23.8 Å². The smallest absolute Gasteiger partial charge is 0.334 e. The van der Waals surface area contributed by atoms with Gasteiger partial charge in [-0.2, -0.15) is 0 Å². The Kier molecular flexibility index (Phi) is 7.50. The molecule has 34 heavy (non-hydrogen) atoms. The predicted octanol–water partition coefficient (Wildman–Crippen LogP) is 3.68. The normalized spacial score (nSPS) is 25.8. The van der Waals surface area contributed by atoms with E-state index < -0.39 is 34.9 Å². The maximum atomic E-state index is 13.5. The molecule has 3 aliphatic rings. The zero-order valence-electron chi connectivity index (χ0n) is 19.3. The molecule has 6 nitrogen and oxygen atoms in total. The average Bonchev–Trinajstić information content (AvgIpc) is 3.37. The van der Waals surface area contributed by atoms with Gasteiger partial charge in [-0.05, 0) is 63.8 Å². The fourth-order valence-corrected chi connectivity index (χ4v) is 5.25. The van der Waals surface area contributed by atoms with Crippen molar-refractivity contribution in [3.8, 4) is 0 Å². The van der Waals surface area contributed by atoms with E-state index >= 15 is 0 Å². The molecule has 0 bridgehead atoms. The van der Waals surface area contributed by atoms with E-state index in [1.807, 2.05) is 11.0 Å². The van der Waals surface area contributed by atoms with Crippen molar-refractivity contribution in [1.29, 1.82) is 0 Å². The Hall–Kier alpha value is -2.55. The third-order valence-corrected chi connectivity index (χ3v) is 7.51. The lowest BCUT2D eigenvalue weighted by atomic mass is 9.77. The summed E-state index contributed by atoms with van der Waals surface area (Å²) in [6, 6.07) is 2.08. The number of primary amides is 1. The summed E-state index contributed by atoms with van der Waals surface area (Å²) in [7, 11) is 0. The molecule has 2 aliphatic carbocycles. The van der Waals surface area contributed by atoms with Crippen molar-refractivity contribution in [2.45, 2.75) is 57.0 Å². The Bertz CT molecular complexity index is 929. The molecule has 0 spiro atoms. The molecular formula is C25H32F3N3O3. The van der Waals surface area contributed by atoms with Gasteiger partial charge >= 0.3 is 5.97 Å². The fraction of sp³-hybridized carbons (Fsp3) is 0.600. The average molecular weight is 480 g/mol. The first-order valence-corrected chi connectivity index (χ1v) is 12.1. The van der Waals surface area contributed by atoms with E-state index in [9.17, 15) is 22.8 Å². The van der Waals surface area contributed by atoms with Crippen LogP contribution in [-0.4, -0.2) is 55.1 Å². The quantitative estimate of drug-likeness (QED) is 0.477. The Morgan fingerprint density at radius 3 is 2.26 bits per heavy atom.